The fraction of sp³-hybridized carbons (Fsp3) is 0.429. The first-order chi connectivity index (χ1) is 12.3. The first kappa shape index (κ1) is 17.8. The summed E-state index contributed by atoms with van der Waals surface area (Å²) in [6, 6.07) is 19.4. The third kappa shape index (κ3) is 4.53. The summed E-state index contributed by atoms with van der Waals surface area (Å²) >= 11 is 0. The number of piperazine rings is 1. The third-order valence-corrected chi connectivity index (χ3v) is 4.84. The van der Waals surface area contributed by atoms with Gasteiger partial charge in [-0.3, -0.25) is 4.90 Å². The molecular weight excluding hydrogens is 310 g/mol. The molecule has 1 unspecified atom stereocenters. The summed E-state index contributed by atoms with van der Waals surface area (Å²) in [6.45, 7) is 7.67. The van der Waals surface area contributed by atoms with Crippen LogP contribution < -0.4 is 15.4 Å². The lowest BCUT2D eigenvalue weighted by atomic mass is 10.0. The van der Waals surface area contributed by atoms with E-state index < -0.39 is 0 Å². The predicted molar refractivity (Wildman–Crippen MR) is 104 cm³/mol. The molecule has 2 aromatic rings. The molecule has 134 valence electrons. The van der Waals surface area contributed by atoms with Gasteiger partial charge in [0.15, 0.2) is 0 Å². The molecule has 0 spiro atoms. The van der Waals surface area contributed by atoms with Crippen LogP contribution in [0.2, 0.25) is 0 Å². The van der Waals surface area contributed by atoms with Crippen LogP contribution in [0.5, 0.6) is 5.75 Å². The van der Waals surface area contributed by atoms with Crippen LogP contribution in [-0.4, -0.2) is 44.2 Å². The molecule has 2 aromatic carbocycles. The van der Waals surface area contributed by atoms with E-state index in [4.69, 9.17) is 10.5 Å². The van der Waals surface area contributed by atoms with Gasteiger partial charge in [0.1, 0.15) is 5.75 Å². The molecule has 4 nitrogen and oxygen atoms in total. The van der Waals surface area contributed by atoms with E-state index in [-0.39, 0.29) is 6.04 Å². The second kappa shape index (κ2) is 8.88. The minimum atomic E-state index is 0.276. The molecule has 4 heteroatoms. The van der Waals surface area contributed by atoms with E-state index >= 15 is 0 Å². The van der Waals surface area contributed by atoms with E-state index in [0.29, 0.717) is 6.54 Å². The van der Waals surface area contributed by atoms with Crippen molar-refractivity contribution >= 4 is 5.69 Å². The zero-order chi connectivity index (χ0) is 17.5. The highest BCUT2D eigenvalue weighted by Crippen LogP contribution is 2.25. The number of nitrogens with zero attached hydrogens (tertiary/aromatic N) is 2. The van der Waals surface area contributed by atoms with Crippen LogP contribution in [0.4, 0.5) is 5.69 Å². The Kier molecular flexibility index (Phi) is 6.31. The summed E-state index contributed by atoms with van der Waals surface area (Å²) in [5.41, 5.74) is 8.70. The van der Waals surface area contributed by atoms with E-state index in [2.05, 4.69) is 71.3 Å². The number of benzene rings is 2. The minimum absolute atomic E-state index is 0.276. The molecule has 1 fully saturated rings. The molecule has 0 aliphatic carbocycles. The Hall–Kier alpha value is -2.04. The standard InChI is InChI=1S/C21H29N3O/c1-2-16-25-20-10-8-18(9-11-20)21(17-22)24-14-12-23(13-15-24)19-6-4-3-5-7-19/h3-11,21H,2,12-17,22H2,1H3. The molecule has 0 radical (unpaired) electrons. The van der Waals surface area contributed by atoms with Crippen molar-refractivity contribution in [3.8, 4) is 5.75 Å². The first-order valence-electron chi connectivity index (χ1n) is 9.28. The van der Waals surface area contributed by atoms with Gasteiger partial charge in [-0.2, -0.15) is 0 Å². The van der Waals surface area contributed by atoms with Crippen molar-refractivity contribution in [2.45, 2.75) is 19.4 Å². The average Bonchev–Trinajstić information content (AvgIpc) is 2.69. The molecule has 2 N–H and O–H groups in total. The van der Waals surface area contributed by atoms with E-state index in [1.807, 2.05) is 0 Å². The van der Waals surface area contributed by atoms with E-state index in [1.54, 1.807) is 0 Å². The van der Waals surface area contributed by atoms with E-state index in [1.165, 1.54) is 11.3 Å². The summed E-state index contributed by atoms with van der Waals surface area (Å²) in [5, 5.41) is 0. The summed E-state index contributed by atoms with van der Waals surface area (Å²) in [4.78, 5) is 4.95. The second-order valence-electron chi connectivity index (χ2n) is 6.53. The van der Waals surface area contributed by atoms with Crippen LogP contribution in [-0.2, 0) is 0 Å². The summed E-state index contributed by atoms with van der Waals surface area (Å²) in [6.07, 6.45) is 1.03. The zero-order valence-corrected chi connectivity index (χ0v) is 15.1. The summed E-state index contributed by atoms with van der Waals surface area (Å²) in [5.74, 6) is 0.940. The van der Waals surface area contributed by atoms with Crippen molar-refractivity contribution < 1.29 is 4.74 Å². The molecule has 3 rings (SSSR count). The normalized spacial score (nSPS) is 16.6. The molecule has 25 heavy (non-hydrogen) atoms. The number of anilines is 1. The lowest BCUT2D eigenvalue weighted by Crippen LogP contribution is -2.49. The number of para-hydroxylation sites is 1. The van der Waals surface area contributed by atoms with Gasteiger partial charge in [-0.05, 0) is 36.2 Å². The second-order valence-corrected chi connectivity index (χ2v) is 6.53. The summed E-state index contributed by atoms with van der Waals surface area (Å²) < 4.78 is 5.68. The van der Waals surface area contributed by atoms with Crippen molar-refractivity contribution in [3.05, 3.63) is 60.2 Å². The molecule has 1 heterocycles. The maximum Gasteiger partial charge on any atom is 0.119 e. The molecule has 1 saturated heterocycles. The molecule has 0 saturated carbocycles. The molecule has 1 atom stereocenters. The van der Waals surface area contributed by atoms with Crippen LogP contribution >= 0.6 is 0 Å². The van der Waals surface area contributed by atoms with Crippen molar-refractivity contribution in [1.82, 2.24) is 4.90 Å². The summed E-state index contributed by atoms with van der Waals surface area (Å²) in [7, 11) is 0. The first-order valence-corrected chi connectivity index (χ1v) is 9.28. The lowest BCUT2D eigenvalue weighted by molar-refractivity contribution is 0.190. The third-order valence-electron chi connectivity index (χ3n) is 4.84. The quantitative estimate of drug-likeness (QED) is 0.840. The van der Waals surface area contributed by atoms with Gasteiger partial charge in [0.25, 0.3) is 0 Å². The molecule has 1 aliphatic heterocycles. The van der Waals surface area contributed by atoms with Crippen LogP contribution in [0.3, 0.4) is 0 Å². The molecule has 1 aliphatic rings. The molecule has 0 amide bonds. The van der Waals surface area contributed by atoms with Crippen molar-refractivity contribution in [1.29, 1.82) is 0 Å². The predicted octanol–water partition coefficient (Wildman–Crippen LogP) is 3.30. The number of ether oxygens (including phenoxy) is 1. The Balaban J connectivity index is 1.60. The molecule has 0 bridgehead atoms. The van der Waals surface area contributed by atoms with Crippen LogP contribution in [0.25, 0.3) is 0 Å². The minimum Gasteiger partial charge on any atom is -0.494 e. The Labute approximate surface area is 151 Å². The fourth-order valence-electron chi connectivity index (χ4n) is 3.43. The van der Waals surface area contributed by atoms with Crippen molar-refractivity contribution in [3.63, 3.8) is 0 Å². The van der Waals surface area contributed by atoms with Crippen LogP contribution in [0, 0.1) is 0 Å². The van der Waals surface area contributed by atoms with Gasteiger partial charge < -0.3 is 15.4 Å². The van der Waals surface area contributed by atoms with Gasteiger partial charge >= 0.3 is 0 Å². The number of rotatable bonds is 7. The van der Waals surface area contributed by atoms with Gasteiger partial charge in [0.2, 0.25) is 0 Å². The Bertz CT molecular complexity index is 621. The van der Waals surface area contributed by atoms with Crippen molar-refractivity contribution in [2.75, 3.05) is 44.2 Å². The maximum atomic E-state index is 6.11. The number of nitrogens with two attached hydrogens (primary N) is 1. The highest BCUT2D eigenvalue weighted by Gasteiger charge is 2.24. The highest BCUT2D eigenvalue weighted by atomic mass is 16.5. The average molecular weight is 339 g/mol. The lowest BCUT2D eigenvalue weighted by Gasteiger charge is -2.40. The van der Waals surface area contributed by atoms with E-state index in [0.717, 1.165) is 45.0 Å². The van der Waals surface area contributed by atoms with Crippen LogP contribution in [0.15, 0.2) is 54.6 Å². The monoisotopic (exact) mass is 339 g/mol. The number of hydrogen-bond donors (Lipinski definition) is 1. The zero-order valence-electron chi connectivity index (χ0n) is 15.1. The Morgan fingerprint density at radius 3 is 2.24 bits per heavy atom. The largest absolute Gasteiger partial charge is 0.494 e. The topological polar surface area (TPSA) is 41.7 Å². The number of hydrogen-bond acceptors (Lipinski definition) is 4. The van der Waals surface area contributed by atoms with Gasteiger partial charge in [0.05, 0.1) is 6.61 Å². The van der Waals surface area contributed by atoms with Gasteiger partial charge in [-0.15, -0.1) is 0 Å². The van der Waals surface area contributed by atoms with E-state index in [9.17, 15) is 0 Å². The molecular formula is C21H29N3O. The SMILES string of the molecule is CCCOc1ccc(C(CN)N2CCN(c3ccccc3)CC2)cc1. The van der Waals surface area contributed by atoms with Crippen molar-refractivity contribution in [2.24, 2.45) is 5.73 Å². The van der Waals surface area contributed by atoms with Gasteiger partial charge in [-0.1, -0.05) is 37.3 Å². The Morgan fingerprint density at radius 2 is 1.64 bits per heavy atom. The van der Waals surface area contributed by atoms with Gasteiger partial charge in [-0.25, -0.2) is 0 Å². The Morgan fingerprint density at radius 1 is 0.960 bits per heavy atom. The fourth-order valence-corrected chi connectivity index (χ4v) is 3.43. The van der Waals surface area contributed by atoms with Crippen LogP contribution in [0.1, 0.15) is 24.9 Å². The maximum absolute atomic E-state index is 6.11. The molecule has 0 aromatic heterocycles. The van der Waals surface area contributed by atoms with Gasteiger partial charge in [0, 0.05) is 44.5 Å². The smallest absolute Gasteiger partial charge is 0.119 e. The highest BCUT2D eigenvalue weighted by molar-refractivity contribution is 5.46.